The number of β-amino-alcohol motifs (C(OH)–C–C–N with tert-alkyl or cyclic N) is 1. The van der Waals surface area contributed by atoms with E-state index in [1.165, 1.54) is 5.56 Å². The lowest BCUT2D eigenvalue weighted by atomic mass is 10.1. The number of nitrogens with zero attached hydrogens (tertiary/aromatic N) is 3. The first-order valence-electron chi connectivity index (χ1n) is 8.71. The molecule has 1 unspecified atom stereocenters. The number of aromatic nitrogens is 2. The van der Waals surface area contributed by atoms with Crippen molar-refractivity contribution in [1.82, 2.24) is 14.7 Å². The number of hydrogen-bond donors (Lipinski definition) is 1. The smallest absolute Gasteiger partial charge is 0.122 e. The van der Waals surface area contributed by atoms with Gasteiger partial charge in [-0.1, -0.05) is 17.7 Å². The van der Waals surface area contributed by atoms with E-state index in [4.69, 9.17) is 4.74 Å². The molecule has 5 heteroatoms. The summed E-state index contributed by atoms with van der Waals surface area (Å²) in [6.07, 6.45) is 5.55. The fourth-order valence-electron chi connectivity index (χ4n) is 3.36. The molecule has 0 radical (unpaired) electrons. The number of aliphatic hydroxyl groups is 1. The van der Waals surface area contributed by atoms with Crippen LogP contribution in [0.3, 0.4) is 0 Å². The predicted molar refractivity (Wildman–Crippen MR) is 94.4 cm³/mol. The van der Waals surface area contributed by atoms with E-state index in [2.05, 4.69) is 27.7 Å². The average molecular weight is 329 g/mol. The van der Waals surface area contributed by atoms with Crippen LogP contribution in [-0.4, -0.2) is 52.1 Å². The van der Waals surface area contributed by atoms with Crippen LogP contribution in [0.5, 0.6) is 5.75 Å². The van der Waals surface area contributed by atoms with Gasteiger partial charge in [0.2, 0.25) is 0 Å². The lowest BCUT2D eigenvalue weighted by Crippen LogP contribution is -2.41. The summed E-state index contributed by atoms with van der Waals surface area (Å²) >= 11 is 0. The van der Waals surface area contributed by atoms with Gasteiger partial charge in [-0.25, -0.2) is 0 Å². The minimum absolute atomic E-state index is 0.336. The van der Waals surface area contributed by atoms with Crippen LogP contribution in [0, 0.1) is 13.8 Å². The standard InChI is InChI=1S/C19H27N3O2/c1-15-4-5-19(16(2)12-15)24-14-18(23)13-21-10-6-17(7-11-21)22-9-3-8-20-22/h3-5,8-9,12,17-18,23H,6-7,10-11,13-14H2,1-2H3. The normalized spacial score (nSPS) is 17.8. The molecule has 1 N–H and O–H groups in total. The Morgan fingerprint density at radius 2 is 2.08 bits per heavy atom. The molecular formula is C19H27N3O2. The van der Waals surface area contributed by atoms with Crippen molar-refractivity contribution in [1.29, 1.82) is 0 Å². The van der Waals surface area contributed by atoms with Crippen LogP contribution >= 0.6 is 0 Å². The molecule has 0 spiro atoms. The lowest BCUT2D eigenvalue weighted by Gasteiger charge is -2.33. The molecule has 1 aliphatic rings. The van der Waals surface area contributed by atoms with Crippen molar-refractivity contribution in [2.75, 3.05) is 26.2 Å². The van der Waals surface area contributed by atoms with E-state index >= 15 is 0 Å². The molecule has 2 heterocycles. The summed E-state index contributed by atoms with van der Waals surface area (Å²) in [6.45, 7) is 7.09. The van der Waals surface area contributed by atoms with Crippen molar-refractivity contribution in [3.05, 3.63) is 47.8 Å². The largest absolute Gasteiger partial charge is 0.491 e. The van der Waals surface area contributed by atoms with Gasteiger partial charge in [0, 0.05) is 32.0 Å². The number of aryl methyl sites for hydroxylation is 2. The SMILES string of the molecule is Cc1ccc(OCC(O)CN2CCC(n3cccn3)CC2)c(C)c1. The maximum atomic E-state index is 10.3. The number of rotatable bonds is 6. The minimum atomic E-state index is -0.466. The fourth-order valence-corrected chi connectivity index (χ4v) is 3.36. The van der Waals surface area contributed by atoms with Gasteiger partial charge >= 0.3 is 0 Å². The van der Waals surface area contributed by atoms with E-state index in [0.717, 1.165) is 37.2 Å². The highest BCUT2D eigenvalue weighted by molar-refractivity contribution is 5.35. The lowest BCUT2D eigenvalue weighted by molar-refractivity contribution is 0.0548. The van der Waals surface area contributed by atoms with Crippen molar-refractivity contribution < 1.29 is 9.84 Å². The van der Waals surface area contributed by atoms with E-state index in [1.807, 2.05) is 37.5 Å². The topological polar surface area (TPSA) is 50.5 Å². The Hall–Kier alpha value is -1.85. The third kappa shape index (κ3) is 4.36. The highest BCUT2D eigenvalue weighted by Crippen LogP contribution is 2.22. The van der Waals surface area contributed by atoms with Crippen LogP contribution in [0.4, 0.5) is 0 Å². The molecule has 24 heavy (non-hydrogen) atoms. The molecular weight excluding hydrogens is 302 g/mol. The number of benzene rings is 1. The van der Waals surface area contributed by atoms with Crippen LogP contribution in [0.1, 0.15) is 30.0 Å². The molecule has 1 aliphatic heterocycles. The summed E-state index contributed by atoms with van der Waals surface area (Å²) in [6, 6.07) is 8.57. The first kappa shape index (κ1) is 17.0. The van der Waals surface area contributed by atoms with E-state index in [-0.39, 0.29) is 0 Å². The molecule has 1 atom stereocenters. The molecule has 1 fully saturated rings. The number of aliphatic hydroxyl groups excluding tert-OH is 1. The van der Waals surface area contributed by atoms with Gasteiger partial charge in [0.05, 0.1) is 6.04 Å². The Morgan fingerprint density at radius 3 is 2.75 bits per heavy atom. The monoisotopic (exact) mass is 329 g/mol. The van der Waals surface area contributed by atoms with Gasteiger partial charge < -0.3 is 14.7 Å². The van der Waals surface area contributed by atoms with Gasteiger partial charge in [-0.3, -0.25) is 4.68 Å². The summed E-state index contributed by atoms with van der Waals surface area (Å²) in [4.78, 5) is 2.32. The third-order valence-corrected chi connectivity index (χ3v) is 4.69. The Bertz CT molecular complexity index is 634. The van der Waals surface area contributed by atoms with Gasteiger partial charge in [0.15, 0.2) is 0 Å². The highest BCUT2D eigenvalue weighted by Gasteiger charge is 2.22. The maximum absolute atomic E-state index is 10.3. The molecule has 0 amide bonds. The van der Waals surface area contributed by atoms with Gasteiger partial charge in [-0.05, 0) is 44.4 Å². The quantitative estimate of drug-likeness (QED) is 0.885. The Morgan fingerprint density at radius 1 is 1.29 bits per heavy atom. The average Bonchev–Trinajstić information content (AvgIpc) is 3.09. The molecule has 0 bridgehead atoms. The van der Waals surface area contributed by atoms with Crippen LogP contribution in [-0.2, 0) is 0 Å². The third-order valence-electron chi connectivity index (χ3n) is 4.69. The molecule has 1 saturated heterocycles. The molecule has 1 aromatic heterocycles. The molecule has 0 saturated carbocycles. The number of piperidine rings is 1. The van der Waals surface area contributed by atoms with Crippen molar-refractivity contribution >= 4 is 0 Å². The molecule has 0 aliphatic carbocycles. The number of hydrogen-bond acceptors (Lipinski definition) is 4. The second-order valence-corrected chi connectivity index (χ2v) is 6.75. The second kappa shape index (κ2) is 7.81. The number of ether oxygens (including phenoxy) is 1. The van der Waals surface area contributed by atoms with Gasteiger partial charge in [-0.2, -0.15) is 5.10 Å². The Balaban J connectivity index is 1.42. The van der Waals surface area contributed by atoms with E-state index in [0.29, 0.717) is 19.2 Å². The minimum Gasteiger partial charge on any atom is -0.491 e. The Labute approximate surface area is 143 Å². The van der Waals surface area contributed by atoms with Crippen LogP contribution in [0.15, 0.2) is 36.7 Å². The van der Waals surface area contributed by atoms with Crippen molar-refractivity contribution in [2.45, 2.75) is 38.8 Å². The summed E-state index contributed by atoms with van der Waals surface area (Å²) in [5.74, 6) is 0.858. The number of likely N-dealkylation sites (tertiary alicyclic amines) is 1. The van der Waals surface area contributed by atoms with E-state index in [9.17, 15) is 5.11 Å². The summed E-state index contributed by atoms with van der Waals surface area (Å²) in [7, 11) is 0. The maximum Gasteiger partial charge on any atom is 0.122 e. The first-order chi connectivity index (χ1) is 11.6. The van der Waals surface area contributed by atoms with Gasteiger partial charge in [0.1, 0.15) is 18.5 Å². The fraction of sp³-hybridized carbons (Fsp3) is 0.526. The van der Waals surface area contributed by atoms with Crippen molar-refractivity contribution in [3.8, 4) is 5.75 Å². The second-order valence-electron chi connectivity index (χ2n) is 6.75. The van der Waals surface area contributed by atoms with Crippen LogP contribution < -0.4 is 4.74 Å². The van der Waals surface area contributed by atoms with Gasteiger partial charge in [0.25, 0.3) is 0 Å². The zero-order valence-corrected chi connectivity index (χ0v) is 14.6. The first-order valence-corrected chi connectivity index (χ1v) is 8.71. The van der Waals surface area contributed by atoms with Crippen molar-refractivity contribution in [3.63, 3.8) is 0 Å². The molecule has 130 valence electrons. The summed E-state index contributed by atoms with van der Waals surface area (Å²) in [5.41, 5.74) is 2.34. The zero-order chi connectivity index (χ0) is 16.9. The predicted octanol–water partition coefficient (Wildman–Crippen LogP) is 2.58. The zero-order valence-electron chi connectivity index (χ0n) is 14.6. The highest BCUT2D eigenvalue weighted by atomic mass is 16.5. The molecule has 3 rings (SSSR count). The van der Waals surface area contributed by atoms with Crippen LogP contribution in [0.2, 0.25) is 0 Å². The Kier molecular flexibility index (Phi) is 5.53. The molecule has 5 nitrogen and oxygen atoms in total. The summed E-state index contributed by atoms with van der Waals surface area (Å²) < 4.78 is 7.84. The van der Waals surface area contributed by atoms with E-state index in [1.54, 1.807) is 0 Å². The van der Waals surface area contributed by atoms with E-state index < -0.39 is 6.10 Å². The van der Waals surface area contributed by atoms with Crippen LogP contribution in [0.25, 0.3) is 0 Å². The van der Waals surface area contributed by atoms with Gasteiger partial charge in [-0.15, -0.1) is 0 Å². The molecule has 1 aromatic carbocycles. The molecule has 2 aromatic rings. The van der Waals surface area contributed by atoms with Crippen molar-refractivity contribution in [2.24, 2.45) is 0 Å². The summed E-state index contributed by atoms with van der Waals surface area (Å²) in [5, 5.41) is 14.6.